The lowest BCUT2D eigenvalue weighted by Crippen LogP contribution is -2.31. The molecule has 1 N–H and O–H groups in total. The molecule has 7 nitrogen and oxygen atoms in total. The van der Waals surface area contributed by atoms with Gasteiger partial charge in [-0.15, -0.1) is 11.3 Å². The summed E-state index contributed by atoms with van der Waals surface area (Å²) in [5.41, 5.74) is 2.16. The van der Waals surface area contributed by atoms with Gasteiger partial charge in [-0.1, -0.05) is 23.9 Å². The van der Waals surface area contributed by atoms with Gasteiger partial charge in [0, 0.05) is 24.1 Å². The van der Waals surface area contributed by atoms with E-state index in [1.807, 2.05) is 0 Å². The molecule has 3 amide bonds. The molecular formula is C22H20N4O3S2. The van der Waals surface area contributed by atoms with E-state index < -0.39 is 0 Å². The zero-order valence-electron chi connectivity index (χ0n) is 16.9. The molecule has 0 unspecified atom stereocenters. The maximum atomic E-state index is 12.5. The van der Waals surface area contributed by atoms with Crippen LogP contribution in [0.4, 0.5) is 5.82 Å². The van der Waals surface area contributed by atoms with Gasteiger partial charge in [0.15, 0.2) is 5.16 Å². The molecule has 0 radical (unpaired) electrons. The number of fused-ring (bicyclic) bond motifs is 4. The van der Waals surface area contributed by atoms with Gasteiger partial charge in [-0.25, -0.2) is 9.97 Å². The Kier molecular flexibility index (Phi) is 5.23. The molecule has 3 heterocycles. The van der Waals surface area contributed by atoms with Gasteiger partial charge in [-0.05, 0) is 43.4 Å². The molecule has 1 aliphatic heterocycles. The highest BCUT2D eigenvalue weighted by Gasteiger charge is 2.34. The maximum Gasteiger partial charge on any atom is 0.261 e. The Morgan fingerprint density at radius 3 is 2.55 bits per heavy atom. The summed E-state index contributed by atoms with van der Waals surface area (Å²) in [5, 5.41) is 4.36. The molecule has 0 fully saturated rings. The van der Waals surface area contributed by atoms with Crippen molar-refractivity contribution in [2.45, 2.75) is 37.8 Å². The summed E-state index contributed by atoms with van der Waals surface area (Å²) in [4.78, 5) is 49.6. The smallest absolute Gasteiger partial charge is 0.261 e. The summed E-state index contributed by atoms with van der Waals surface area (Å²) in [7, 11) is 0. The van der Waals surface area contributed by atoms with Gasteiger partial charge in [0.25, 0.3) is 11.8 Å². The van der Waals surface area contributed by atoms with Crippen molar-refractivity contribution in [1.82, 2.24) is 14.9 Å². The molecule has 2 aliphatic rings. The highest BCUT2D eigenvalue weighted by molar-refractivity contribution is 7.99. The average molecular weight is 453 g/mol. The van der Waals surface area contributed by atoms with E-state index in [2.05, 4.69) is 10.3 Å². The molecule has 1 aromatic carbocycles. The second-order valence-corrected chi connectivity index (χ2v) is 9.73. The molecule has 0 saturated heterocycles. The van der Waals surface area contributed by atoms with Crippen LogP contribution in [-0.2, 0) is 17.6 Å². The largest absolute Gasteiger partial charge is 0.310 e. The van der Waals surface area contributed by atoms with Crippen LogP contribution in [0.15, 0.2) is 29.4 Å². The van der Waals surface area contributed by atoms with Gasteiger partial charge in [0.05, 0.1) is 16.5 Å². The zero-order valence-corrected chi connectivity index (χ0v) is 18.6. The number of aromatic nitrogens is 2. The van der Waals surface area contributed by atoms with E-state index in [0.29, 0.717) is 27.9 Å². The van der Waals surface area contributed by atoms with Gasteiger partial charge >= 0.3 is 0 Å². The quantitative estimate of drug-likeness (QED) is 0.358. The number of rotatable bonds is 5. The number of carbonyl (C=O) groups is 3. The molecule has 31 heavy (non-hydrogen) atoms. The Balaban J connectivity index is 1.37. The maximum absolute atomic E-state index is 12.5. The van der Waals surface area contributed by atoms with Crippen LogP contribution in [-0.4, -0.2) is 44.9 Å². The lowest BCUT2D eigenvalue weighted by molar-refractivity contribution is -0.114. The normalized spacial score (nSPS) is 15.3. The Labute approximate surface area is 187 Å². The Hall–Kier alpha value is -2.78. The Morgan fingerprint density at radius 1 is 1.13 bits per heavy atom. The highest BCUT2D eigenvalue weighted by atomic mass is 32.2. The molecule has 0 bridgehead atoms. The third-order valence-electron chi connectivity index (χ3n) is 5.51. The predicted octanol–water partition coefficient (Wildman–Crippen LogP) is 3.92. The van der Waals surface area contributed by atoms with E-state index in [4.69, 9.17) is 4.98 Å². The van der Waals surface area contributed by atoms with Crippen molar-refractivity contribution in [1.29, 1.82) is 0 Å². The Morgan fingerprint density at radius 2 is 1.84 bits per heavy atom. The number of hydrogen-bond acceptors (Lipinski definition) is 7. The summed E-state index contributed by atoms with van der Waals surface area (Å²) >= 11 is 3.05. The SMILES string of the molecule is CC(=O)Nc1nc(SCCN2C(=O)c3ccccc3C2=O)nc2sc3c(c12)CCCC3. The van der Waals surface area contributed by atoms with Crippen LogP contribution in [0.3, 0.4) is 0 Å². The standard InChI is InChI=1S/C22H20N4O3S2/c1-12(27)23-18-17-15-8-4-5-9-16(15)31-19(17)25-22(24-18)30-11-10-26-20(28)13-6-2-3-7-14(13)21(26)29/h2-3,6-7H,4-5,8-11H2,1H3,(H,23,24,25,27). The monoisotopic (exact) mass is 452 g/mol. The van der Waals surface area contributed by atoms with Crippen molar-refractivity contribution in [3.8, 4) is 0 Å². The first-order valence-corrected chi connectivity index (χ1v) is 12.0. The van der Waals surface area contributed by atoms with E-state index in [0.717, 1.165) is 29.5 Å². The molecule has 2 aromatic heterocycles. The zero-order chi connectivity index (χ0) is 21.5. The fourth-order valence-electron chi connectivity index (χ4n) is 4.13. The van der Waals surface area contributed by atoms with E-state index in [9.17, 15) is 14.4 Å². The second kappa shape index (κ2) is 8.05. The van der Waals surface area contributed by atoms with Gasteiger partial charge in [0.2, 0.25) is 5.91 Å². The number of benzene rings is 1. The van der Waals surface area contributed by atoms with Crippen molar-refractivity contribution in [3.05, 3.63) is 45.8 Å². The van der Waals surface area contributed by atoms with Gasteiger partial charge < -0.3 is 5.32 Å². The van der Waals surface area contributed by atoms with Gasteiger partial charge in [-0.3, -0.25) is 19.3 Å². The molecule has 1 aliphatic carbocycles. The van der Waals surface area contributed by atoms with Crippen LogP contribution in [0.2, 0.25) is 0 Å². The van der Waals surface area contributed by atoms with Crippen LogP contribution in [0.25, 0.3) is 10.2 Å². The first-order chi connectivity index (χ1) is 15.0. The summed E-state index contributed by atoms with van der Waals surface area (Å²) in [6, 6.07) is 6.88. The molecule has 9 heteroatoms. The van der Waals surface area contributed by atoms with Crippen LogP contribution in [0, 0.1) is 0 Å². The minimum absolute atomic E-state index is 0.169. The van der Waals surface area contributed by atoms with E-state index in [1.54, 1.807) is 35.6 Å². The summed E-state index contributed by atoms with van der Waals surface area (Å²) < 4.78 is 0. The van der Waals surface area contributed by atoms with Crippen molar-refractivity contribution in [3.63, 3.8) is 0 Å². The number of thiophene rings is 1. The van der Waals surface area contributed by atoms with E-state index >= 15 is 0 Å². The third kappa shape index (κ3) is 3.61. The number of carbonyl (C=O) groups excluding carboxylic acids is 3. The number of nitrogens with zero attached hydrogens (tertiary/aromatic N) is 3. The number of anilines is 1. The first kappa shape index (κ1) is 20.1. The second-order valence-electron chi connectivity index (χ2n) is 7.58. The topological polar surface area (TPSA) is 92.3 Å². The Bertz CT molecular complexity index is 1200. The summed E-state index contributed by atoms with van der Waals surface area (Å²) in [6.45, 7) is 1.75. The molecule has 158 valence electrons. The number of amides is 3. The van der Waals surface area contributed by atoms with Crippen LogP contribution < -0.4 is 5.32 Å². The fraction of sp³-hybridized carbons (Fsp3) is 0.318. The number of hydrogen-bond donors (Lipinski definition) is 1. The average Bonchev–Trinajstić information content (AvgIpc) is 3.24. The molecule has 0 atom stereocenters. The highest BCUT2D eigenvalue weighted by Crippen LogP contribution is 2.39. The van der Waals surface area contributed by atoms with Crippen LogP contribution >= 0.6 is 23.1 Å². The van der Waals surface area contributed by atoms with Gasteiger partial charge in [0.1, 0.15) is 10.6 Å². The summed E-state index contributed by atoms with van der Waals surface area (Å²) in [6.07, 6.45) is 4.33. The minimum Gasteiger partial charge on any atom is -0.310 e. The van der Waals surface area contributed by atoms with E-state index in [-0.39, 0.29) is 24.3 Å². The van der Waals surface area contributed by atoms with Crippen LogP contribution in [0.5, 0.6) is 0 Å². The van der Waals surface area contributed by atoms with Crippen LogP contribution in [0.1, 0.15) is 50.9 Å². The molecule has 0 spiro atoms. The van der Waals surface area contributed by atoms with Crippen molar-refractivity contribution >= 4 is 56.9 Å². The van der Waals surface area contributed by atoms with Crippen molar-refractivity contribution in [2.75, 3.05) is 17.6 Å². The molecular weight excluding hydrogens is 432 g/mol. The lowest BCUT2D eigenvalue weighted by Gasteiger charge is -2.14. The van der Waals surface area contributed by atoms with E-state index in [1.165, 1.54) is 40.4 Å². The minimum atomic E-state index is -0.262. The predicted molar refractivity (Wildman–Crippen MR) is 121 cm³/mol. The summed E-state index contributed by atoms with van der Waals surface area (Å²) in [5.74, 6) is 0.337. The number of thioether (sulfide) groups is 1. The van der Waals surface area contributed by atoms with Gasteiger partial charge in [-0.2, -0.15) is 0 Å². The lowest BCUT2D eigenvalue weighted by atomic mass is 9.97. The third-order valence-corrected chi connectivity index (χ3v) is 7.53. The number of imide groups is 1. The molecule has 5 rings (SSSR count). The number of nitrogens with one attached hydrogen (secondary N) is 1. The molecule has 0 saturated carbocycles. The number of aryl methyl sites for hydroxylation is 2. The molecule has 3 aromatic rings. The van der Waals surface area contributed by atoms with Crippen molar-refractivity contribution < 1.29 is 14.4 Å². The van der Waals surface area contributed by atoms with Crippen molar-refractivity contribution in [2.24, 2.45) is 0 Å². The fourth-order valence-corrected chi connectivity index (χ4v) is 6.22. The first-order valence-electron chi connectivity index (χ1n) is 10.2.